The summed E-state index contributed by atoms with van der Waals surface area (Å²) in [6.45, 7) is 7.53. The normalized spacial score (nSPS) is 15.0. The van der Waals surface area contributed by atoms with Crippen LogP contribution in [-0.4, -0.2) is 42.1 Å². The van der Waals surface area contributed by atoms with E-state index < -0.39 is 5.54 Å². The number of carbonyl (C=O) groups excluding carboxylic acids is 1. The fourth-order valence-electron chi connectivity index (χ4n) is 4.53. The lowest BCUT2D eigenvalue weighted by Crippen LogP contribution is -2.41. The average molecular weight is 448 g/mol. The molecule has 6 heteroatoms. The number of aromatic nitrogens is 1. The van der Waals surface area contributed by atoms with Gasteiger partial charge in [0.15, 0.2) is 11.5 Å². The molecule has 174 valence electrons. The van der Waals surface area contributed by atoms with E-state index in [0.29, 0.717) is 24.6 Å². The lowest BCUT2D eigenvalue weighted by Gasteiger charge is -2.27. The van der Waals surface area contributed by atoms with Crippen LogP contribution in [0.3, 0.4) is 0 Å². The molecule has 1 atom stereocenters. The lowest BCUT2D eigenvalue weighted by atomic mass is 9.90. The van der Waals surface area contributed by atoms with Crippen LogP contribution in [0, 0.1) is 13.8 Å². The van der Waals surface area contributed by atoms with Gasteiger partial charge < -0.3 is 20.1 Å². The van der Waals surface area contributed by atoms with E-state index >= 15 is 0 Å². The quantitative estimate of drug-likeness (QED) is 0.548. The summed E-state index contributed by atoms with van der Waals surface area (Å²) < 4.78 is 10.9. The lowest BCUT2D eigenvalue weighted by molar-refractivity contribution is 0.0766. The Morgan fingerprint density at radius 2 is 1.73 bits per heavy atom. The SMILES string of the molecule is COc1cc2cncc(CCC(C)(N)CCN3Cc4cc(C)c(C)cc4C3=O)c2cc1OC. The topological polar surface area (TPSA) is 77.7 Å². The number of aryl methyl sites for hydroxylation is 3. The van der Waals surface area contributed by atoms with Gasteiger partial charge in [0, 0.05) is 42.0 Å². The summed E-state index contributed by atoms with van der Waals surface area (Å²) in [6, 6.07) is 8.11. The van der Waals surface area contributed by atoms with Crippen molar-refractivity contribution >= 4 is 16.7 Å². The second-order valence-electron chi connectivity index (χ2n) is 9.45. The number of hydrogen-bond donors (Lipinski definition) is 1. The van der Waals surface area contributed by atoms with E-state index in [1.807, 2.05) is 35.5 Å². The second-order valence-corrected chi connectivity index (χ2v) is 9.45. The monoisotopic (exact) mass is 447 g/mol. The van der Waals surface area contributed by atoms with Crippen molar-refractivity contribution in [1.82, 2.24) is 9.88 Å². The minimum atomic E-state index is -0.403. The van der Waals surface area contributed by atoms with Gasteiger partial charge in [0.05, 0.1) is 14.2 Å². The zero-order valence-corrected chi connectivity index (χ0v) is 20.2. The van der Waals surface area contributed by atoms with Gasteiger partial charge in [-0.3, -0.25) is 9.78 Å². The number of carbonyl (C=O) groups is 1. The van der Waals surface area contributed by atoms with E-state index in [9.17, 15) is 4.79 Å². The van der Waals surface area contributed by atoms with Gasteiger partial charge in [-0.05, 0) is 85.9 Å². The maximum absolute atomic E-state index is 12.9. The maximum Gasteiger partial charge on any atom is 0.254 e. The first-order valence-corrected chi connectivity index (χ1v) is 11.4. The van der Waals surface area contributed by atoms with Crippen molar-refractivity contribution in [3.8, 4) is 11.5 Å². The molecule has 0 aliphatic carbocycles. The molecule has 2 N–H and O–H groups in total. The molecule has 2 heterocycles. The Balaban J connectivity index is 1.43. The van der Waals surface area contributed by atoms with Crippen molar-refractivity contribution in [2.75, 3.05) is 20.8 Å². The Kier molecular flexibility index (Phi) is 6.30. The van der Waals surface area contributed by atoms with Gasteiger partial charge in [-0.1, -0.05) is 6.07 Å². The fourth-order valence-corrected chi connectivity index (χ4v) is 4.53. The minimum Gasteiger partial charge on any atom is -0.493 e. The van der Waals surface area contributed by atoms with Gasteiger partial charge >= 0.3 is 0 Å². The number of amides is 1. The molecule has 0 spiro atoms. The molecule has 0 radical (unpaired) electrons. The van der Waals surface area contributed by atoms with Gasteiger partial charge in [-0.25, -0.2) is 0 Å². The summed E-state index contributed by atoms with van der Waals surface area (Å²) in [7, 11) is 3.27. The number of ether oxygens (including phenoxy) is 2. The smallest absolute Gasteiger partial charge is 0.254 e. The van der Waals surface area contributed by atoms with Crippen LogP contribution >= 0.6 is 0 Å². The standard InChI is InChI=1S/C27H33N3O3/c1-17-10-21-16-30(26(31)23(21)11-18(17)2)9-8-27(3,28)7-6-19-14-29-15-20-12-24(32-4)25(33-5)13-22(19)20/h10-15H,6-9,16,28H2,1-5H3. The van der Waals surface area contributed by atoms with Crippen molar-refractivity contribution in [2.24, 2.45) is 5.73 Å². The molecule has 1 amide bonds. The predicted octanol–water partition coefficient (Wildman–Crippen LogP) is 4.56. The van der Waals surface area contributed by atoms with Crippen LogP contribution < -0.4 is 15.2 Å². The van der Waals surface area contributed by atoms with Crippen LogP contribution in [0.15, 0.2) is 36.7 Å². The molecular formula is C27H33N3O3. The number of fused-ring (bicyclic) bond motifs is 2. The summed E-state index contributed by atoms with van der Waals surface area (Å²) in [5, 5.41) is 2.10. The summed E-state index contributed by atoms with van der Waals surface area (Å²) in [6.07, 6.45) is 6.05. The maximum atomic E-state index is 12.9. The summed E-state index contributed by atoms with van der Waals surface area (Å²) in [4.78, 5) is 19.2. The van der Waals surface area contributed by atoms with Gasteiger partial charge in [-0.15, -0.1) is 0 Å². The predicted molar refractivity (Wildman–Crippen MR) is 131 cm³/mol. The number of benzene rings is 2. The van der Waals surface area contributed by atoms with Crippen LogP contribution in [0.1, 0.15) is 52.4 Å². The van der Waals surface area contributed by atoms with Crippen molar-refractivity contribution in [3.63, 3.8) is 0 Å². The minimum absolute atomic E-state index is 0.114. The molecular weight excluding hydrogens is 414 g/mol. The van der Waals surface area contributed by atoms with Crippen LogP contribution in [0.25, 0.3) is 10.8 Å². The number of nitrogens with two attached hydrogens (primary N) is 1. The third-order valence-corrected chi connectivity index (χ3v) is 6.86. The Morgan fingerprint density at radius 1 is 1.03 bits per heavy atom. The highest BCUT2D eigenvalue weighted by Gasteiger charge is 2.29. The number of pyridine rings is 1. The molecule has 6 nitrogen and oxygen atoms in total. The van der Waals surface area contributed by atoms with E-state index in [-0.39, 0.29) is 5.91 Å². The molecule has 0 bridgehead atoms. The van der Waals surface area contributed by atoms with Gasteiger partial charge in [0.1, 0.15) is 0 Å². The molecule has 1 aliphatic heterocycles. The molecule has 3 aromatic rings. The highest BCUT2D eigenvalue weighted by Crippen LogP contribution is 2.34. The molecule has 1 unspecified atom stereocenters. The number of hydrogen-bond acceptors (Lipinski definition) is 5. The third-order valence-electron chi connectivity index (χ3n) is 6.86. The summed E-state index contributed by atoms with van der Waals surface area (Å²) in [5.41, 5.74) is 11.7. The van der Waals surface area contributed by atoms with E-state index in [2.05, 4.69) is 31.8 Å². The summed E-state index contributed by atoms with van der Waals surface area (Å²) in [5.74, 6) is 1.50. The average Bonchev–Trinajstić information content (AvgIpc) is 3.10. The Morgan fingerprint density at radius 3 is 2.45 bits per heavy atom. The Bertz CT molecular complexity index is 1200. The first-order valence-electron chi connectivity index (χ1n) is 11.4. The van der Waals surface area contributed by atoms with E-state index in [4.69, 9.17) is 15.2 Å². The number of nitrogens with zero attached hydrogens (tertiary/aromatic N) is 2. The Labute approximate surface area is 195 Å². The zero-order chi connectivity index (χ0) is 23.8. The molecule has 0 fully saturated rings. The summed E-state index contributed by atoms with van der Waals surface area (Å²) >= 11 is 0. The van der Waals surface area contributed by atoms with Crippen molar-refractivity contribution in [3.05, 3.63) is 64.5 Å². The number of rotatable bonds is 8. The molecule has 4 rings (SSSR count). The fraction of sp³-hybridized carbons (Fsp3) is 0.407. The number of methoxy groups -OCH3 is 2. The second kappa shape index (κ2) is 9.02. The van der Waals surface area contributed by atoms with Gasteiger partial charge in [-0.2, -0.15) is 0 Å². The molecule has 33 heavy (non-hydrogen) atoms. The van der Waals surface area contributed by atoms with Crippen molar-refractivity contribution in [1.29, 1.82) is 0 Å². The highest BCUT2D eigenvalue weighted by molar-refractivity contribution is 5.98. The van der Waals surface area contributed by atoms with Gasteiger partial charge in [0.25, 0.3) is 5.91 Å². The van der Waals surface area contributed by atoms with Crippen LogP contribution in [0.2, 0.25) is 0 Å². The van der Waals surface area contributed by atoms with E-state index in [1.165, 1.54) is 5.56 Å². The first-order chi connectivity index (χ1) is 15.7. The van der Waals surface area contributed by atoms with Crippen LogP contribution in [-0.2, 0) is 13.0 Å². The van der Waals surface area contributed by atoms with Crippen molar-refractivity contribution < 1.29 is 14.3 Å². The zero-order valence-electron chi connectivity index (χ0n) is 20.2. The van der Waals surface area contributed by atoms with Crippen molar-refractivity contribution in [2.45, 2.75) is 52.1 Å². The first kappa shape index (κ1) is 23.1. The molecule has 0 saturated carbocycles. The van der Waals surface area contributed by atoms with E-state index in [1.54, 1.807) is 14.2 Å². The third kappa shape index (κ3) is 4.67. The molecule has 2 aromatic carbocycles. The Hall–Kier alpha value is -3.12. The van der Waals surface area contributed by atoms with Crippen LogP contribution in [0.5, 0.6) is 11.5 Å². The van der Waals surface area contributed by atoms with E-state index in [0.717, 1.165) is 52.3 Å². The molecule has 0 saturated heterocycles. The highest BCUT2D eigenvalue weighted by atomic mass is 16.5. The largest absolute Gasteiger partial charge is 0.493 e. The molecule has 1 aliphatic rings. The molecule has 1 aromatic heterocycles. The van der Waals surface area contributed by atoms with Crippen LogP contribution in [0.4, 0.5) is 0 Å². The van der Waals surface area contributed by atoms with Gasteiger partial charge in [0.2, 0.25) is 0 Å².